The van der Waals surface area contributed by atoms with Crippen molar-refractivity contribution in [1.82, 2.24) is 0 Å². The van der Waals surface area contributed by atoms with Crippen molar-refractivity contribution in [3.8, 4) is 11.5 Å². The molecule has 5 heteroatoms. The Bertz CT molecular complexity index is 439. The SMILES string of the molecule is CC(C)(O)c1cc2c(cc1C(F)F)OCCCO2. The van der Waals surface area contributed by atoms with Crippen LogP contribution in [0.2, 0.25) is 0 Å². The molecule has 3 nitrogen and oxygen atoms in total. The van der Waals surface area contributed by atoms with E-state index >= 15 is 0 Å². The van der Waals surface area contributed by atoms with Gasteiger partial charge in [0, 0.05) is 12.0 Å². The molecule has 0 fully saturated rings. The maximum atomic E-state index is 13.0. The van der Waals surface area contributed by atoms with Crippen LogP contribution in [0.5, 0.6) is 11.5 Å². The molecule has 1 N–H and O–H groups in total. The van der Waals surface area contributed by atoms with Gasteiger partial charge in [-0.15, -0.1) is 0 Å². The molecular weight excluding hydrogens is 242 g/mol. The van der Waals surface area contributed by atoms with Crippen LogP contribution in [0, 0.1) is 0 Å². The van der Waals surface area contributed by atoms with Crippen molar-refractivity contribution in [1.29, 1.82) is 0 Å². The highest BCUT2D eigenvalue weighted by Gasteiger charge is 2.27. The van der Waals surface area contributed by atoms with Crippen molar-refractivity contribution < 1.29 is 23.4 Å². The van der Waals surface area contributed by atoms with Gasteiger partial charge in [-0.1, -0.05) is 0 Å². The fourth-order valence-corrected chi connectivity index (χ4v) is 1.93. The lowest BCUT2D eigenvalue weighted by molar-refractivity contribution is 0.0696. The molecule has 0 bridgehead atoms. The topological polar surface area (TPSA) is 38.7 Å². The van der Waals surface area contributed by atoms with E-state index in [-0.39, 0.29) is 11.1 Å². The number of alkyl halides is 2. The normalized spacial score (nSPS) is 15.7. The van der Waals surface area contributed by atoms with Gasteiger partial charge in [0.2, 0.25) is 0 Å². The second kappa shape index (κ2) is 4.72. The van der Waals surface area contributed by atoms with E-state index in [1.54, 1.807) is 0 Å². The maximum absolute atomic E-state index is 13.0. The molecule has 18 heavy (non-hydrogen) atoms. The van der Waals surface area contributed by atoms with Crippen LogP contribution in [0.1, 0.15) is 37.8 Å². The summed E-state index contributed by atoms with van der Waals surface area (Å²) in [5.74, 6) is 0.727. The van der Waals surface area contributed by atoms with Crippen molar-refractivity contribution in [2.24, 2.45) is 0 Å². The Balaban J connectivity index is 2.55. The van der Waals surface area contributed by atoms with Crippen LogP contribution in [0.4, 0.5) is 8.78 Å². The molecule has 0 saturated carbocycles. The lowest BCUT2D eigenvalue weighted by Gasteiger charge is -2.23. The Hall–Kier alpha value is -1.36. The summed E-state index contributed by atoms with van der Waals surface area (Å²) >= 11 is 0. The van der Waals surface area contributed by atoms with E-state index in [1.165, 1.54) is 26.0 Å². The van der Waals surface area contributed by atoms with Crippen LogP contribution in [0.25, 0.3) is 0 Å². The van der Waals surface area contributed by atoms with E-state index in [4.69, 9.17) is 9.47 Å². The summed E-state index contributed by atoms with van der Waals surface area (Å²) in [6, 6.07) is 2.71. The molecule has 0 atom stereocenters. The Morgan fingerprint density at radius 2 is 1.72 bits per heavy atom. The number of halogens is 2. The molecule has 1 aromatic carbocycles. The number of benzene rings is 1. The molecule has 1 aromatic rings. The van der Waals surface area contributed by atoms with Gasteiger partial charge in [-0.25, -0.2) is 8.78 Å². The summed E-state index contributed by atoms with van der Waals surface area (Å²) in [7, 11) is 0. The number of hydrogen-bond acceptors (Lipinski definition) is 3. The fraction of sp³-hybridized carbons (Fsp3) is 0.538. The number of hydrogen-bond donors (Lipinski definition) is 1. The fourth-order valence-electron chi connectivity index (χ4n) is 1.93. The zero-order chi connectivity index (χ0) is 13.3. The molecule has 0 aromatic heterocycles. The lowest BCUT2D eigenvalue weighted by atomic mass is 9.92. The Morgan fingerprint density at radius 3 is 2.22 bits per heavy atom. The van der Waals surface area contributed by atoms with Gasteiger partial charge in [-0.2, -0.15) is 0 Å². The van der Waals surface area contributed by atoms with Crippen LogP contribution in [-0.4, -0.2) is 18.3 Å². The third-order valence-electron chi connectivity index (χ3n) is 2.81. The van der Waals surface area contributed by atoms with Gasteiger partial charge in [0.05, 0.1) is 18.8 Å². The molecule has 1 aliphatic heterocycles. The average Bonchev–Trinajstić information content (AvgIpc) is 2.50. The van der Waals surface area contributed by atoms with E-state index in [0.29, 0.717) is 31.1 Å². The molecule has 1 aliphatic rings. The van der Waals surface area contributed by atoms with Crippen LogP contribution >= 0.6 is 0 Å². The van der Waals surface area contributed by atoms with E-state index in [1.807, 2.05) is 0 Å². The van der Waals surface area contributed by atoms with Gasteiger partial charge >= 0.3 is 0 Å². The minimum absolute atomic E-state index is 0.168. The van der Waals surface area contributed by atoms with Crippen molar-refractivity contribution in [3.63, 3.8) is 0 Å². The highest BCUT2D eigenvalue weighted by molar-refractivity contribution is 5.49. The highest BCUT2D eigenvalue weighted by Crippen LogP contribution is 2.40. The molecule has 0 saturated heterocycles. The Morgan fingerprint density at radius 1 is 1.17 bits per heavy atom. The van der Waals surface area contributed by atoms with Gasteiger partial charge in [0.1, 0.15) is 0 Å². The summed E-state index contributed by atoms with van der Waals surface area (Å²) in [4.78, 5) is 0. The van der Waals surface area contributed by atoms with Crippen molar-refractivity contribution in [2.75, 3.05) is 13.2 Å². The van der Waals surface area contributed by atoms with Gasteiger partial charge in [-0.3, -0.25) is 0 Å². The van der Waals surface area contributed by atoms with Gasteiger partial charge in [0.15, 0.2) is 11.5 Å². The molecule has 0 radical (unpaired) electrons. The molecule has 0 unspecified atom stereocenters. The van der Waals surface area contributed by atoms with Gasteiger partial charge < -0.3 is 14.6 Å². The zero-order valence-electron chi connectivity index (χ0n) is 10.4. The summed E-state index contributed by atoms with van der Waals surface area (Å²) in [5.41, 5.74) is -1.40. The average molecular weight is 258 g/mol. The second-order valence-corrected chi connectivity index (χ2v) is 4.80. The Kier molecular flexibility index (Phi) is 3.43. The number of aliphatic hydroxyl groups is 1. The minimum atomic E-state index is -2.66. The van der Waals surface area contributed by atoms with Crippen molar-refractivity contribution in [2.45, 2.75) is 32.3 Å². The first-order valence-corrected chi connectivity index (χ1v) is 5.84. The molecule has 0 aliphatic carbocycles. The van der Waals surface area contributed by atoms with Crippen LogP contribution in [0.3, 0.4) is 0 Å². The largest absolute Gasteiger partial charge is 0.490 e. The first-order valence-electron chi connectivity index (χ1n) is 5.84. The minimum Gasteiger partial charge on any atom is -0.490 e. The van der Waals surface area contributed by atoms with Gasteiger partial charge in [0.25, 0.3) is 6.43 Å². The monoisotopic (exact) mass is 258 g/mol. The first-order chi connectivity index (χ1) is 8.39. The predicted molar refractivity (Wildman–Crippen MR) is 62.3 cm³/mol. The van der Waals surface area contributed by atoms with E-state index in [0.717, 1.165) is 0 Å². The third kappa shape index (κ3) is 2.56. The molecule has 2 rings (SSSR count). The van der Waals surface area contributed by atoms with E-state index in [2.05, 4.69) is 0 Å². The summed E-state index contributed by atoms with van der Waals surface area (Å²) in [5, 5.41) is 9.96. The molecule has 1 heterocycles. The summed E-state index contributed by atoms with van der Waals surface area (Å²) in [6.45, 7) is 3.86. The molecule has 0 amide bonds. The molecular formula is C13H16F2O3. The third-order valence-corrected chi connectivity index (χ3v) is 2.81. The van der Waals surface area contributed by atoms with Gasteiger partial charge in [-0.05, 0) is 31.5 Å². The zero-order valence-corrected chi connectivity index (χ0v) is 10.4. The smallest absolute Gasteiger partial charge is 0.264 e. The first kappa shape index (κ1) is 13.1. The van der Waals surface area contributed by atoms with E-state index in [9.17, 15) is 13.9 Å². The highest BCUT2D eigenvalue weighted by atomic mass is 19.3. The van der Waals surface area contributed by atoms with Crippen molar-refractivity contribution >= 4 is 0 Å². The molecule has 0 spiro atoms. The van der Waals surface area contributed by atoms with E-state index < -0.39 is 12.0 Å². The number of rotatable bonds is 2. The summed E-state index contributed by atoms with van der Waals surface area (Å²) < 4.78 is 36.8. The lowest BCUT2D eigenvalue weighted by Crippen LogP contribution is -2.18. The van der Waals surface area contributed by atoms with Crippen molar-refractivity contribution in [3.05, 3.63) is 23.3 Å². The molecule has 100 valence electrons. The number of ether oxygens (including phenoxy) is 2. The van der Waals surface area contributed by atoms with Crippen LogP contribution in [0.15, 0.2) is 12.1 Å². The van der Waals surface area contributed by atoms with Crippen LogP contribution < -0.4 is 9.47 Å². The maximum Gasteiger partial charge on any atom is 0.264 e. The van der Waals surface area contributed by atoms with Crippen LogP contribution in [-0.2, 0) is 5.60 Å². The Labute approximate surface area is 104 Å². The number of fused-ring (bicyclic) bond motifs is 1. The second-order valence-electron chi connectivity index (χ2n) is 4.80. The summed E-state index contributed by atoms with van der Waals surface area (Å²) in [6.07, 6.45) is -1.96. The predicted octanol–water partition coefficient (Wildman–Crippen LogP) is 3.01. The standard InChI is InChI=1S/C13H16F2O3/c1-13(2,16)9-7-11-10(6-8(9)12(14)15)17-4-3-5-18-11/h6-7,12,16H,3-5H2,1-2H3. The quantitative estimate of drug-likeness (QED) is 0.886.